The Bertz CT molecular complexity index is 1220. The Kier molecular flexibility index (Phi) is 5.40. The molecule has 3 aromatic rings. The summed E-state index contributed by atoms with van der Waals surface area (Å²) >= 11 is 0. The smallest absolute Gasteiger partial charge is 0.246 e. The predicted molar refractivity (Wildman–Crippen MR) is 120 cm³/mol. The molecule has 0 spiro atoms. The fraction of sp³-hybridized carbons (Fsp3) is 0.250. The molecule has 1 amide bonds. The fourth-order valence-electron chi connectivity index (χ4n) is 4.33. The van der Waals surface area contributed by atoms with Gasteiger partial charge in [-0.15, -0.1) is 0 Å². The van der Waals surface area contributed by atoms with Gasteiger partial charge in [-0.3, -0.25) is 9.78 Å². The van der Waals surface area contributed by atoms with E-state index in [9.17, 15) is 13.2 Å². The van der Waals surface area contributed by atoms with E-state index < -0.39 is 16.1 Å². The minimum Gasteiger partial charge on any atom is -0.487 e. The van der Waals surface area contributed by atoms with Crippen LogP contribution in [0.3, 0.4) is 0 Å². The van der Waals surface area contributed by atoms with Crippen LogP contribution < -0.4 is 9.64 Å². The lowest BCUT2D eigenvalue weighted by atomic mass is 10.1. The van der Waals surface area contributed by atoms with Gasteiger partial charge >= 0.3 is 0 Å². The number of aromatic nitrogens is 1. The van der Waals surface area contributed by atoms with E-state index in [1.165, 1.54) is 4.31 Å². The molecular formula is C24H23N3O4S. The van der Waals surface area contributed by atoms with Gasteiger partial charge < -0.3 is 9.64 Å². The van der Waals surface area contributed by atoms with Crippen molar-refractivity contribution in [1.29, 1.82) is 0 Å². The van der Waals surface area contributed by atoms with Crippen molar-refractivity contribution >= 4 is 21.6 Å². The number of para-hydroxylation sites is 2. The lowest BCUT2D eigenvalue weighted by molar-refractivity contribution is -0.122. The number of anilines is 1. The summed E-state index contributed by atoms with van der Waals surface area (Å²) in [6.45, 7) is 0.380. The van der Waals surface area contributed by atoms with Crippen molar-refractivity contribution in [2.45, 2.75) is 30.9 Å². The topological polar surface area (TPSA) is 79.8 Å². The molecular weight excluding hydrogens is 426 g/mol. The van der Waals surface area contributed by atoms with E-state index >= 15 is 0 Å². The first kappa shape index (κ1) is 20.7. The highest BCUT2D eigenvalue weighted by Crippen LogP contribution is 2.38. The Morgan fingerprint density at radius 2 is 1.72 bits per heavy atom. The zero-order valence-corrected chi connectivity index (χ0v) is 18.2. The Hall–Kier alpha value is -3.23. The molecule has 8 heteroatoms. The summed E-state index contributed by atoms with van der Waals surface area (Å²) < 4.78 is 34.2. The first-order chi connectivity index (χ1) is 15.5. The number of ether oxygens (including phenoxy) is 1. The number of benzene rings is 2. The van der Waals surface area contributed by atoms with Crippen molar-refractivity contribution in [1.82, 2.24) is 9.29 Å². The normalized spacial score (nSPS) is 20.9. The standard InChI is InChI=1S/C24H23N3O4S/c28-24-22-14-20(16-27(22)32(29,30)17-18-8-2-1-3-9-18)31-23-12-5-4-11-21(23)26(24)15-19-10-6-7-13-25-19/h1-13,20,22H,14-17H2/t20-,22-/m0/s1. The zero-order chi connectivity index (χ0) is 22.1. The van der Waals surface area contributed by atoms with Crippen molar-refractivity contribution in [3.63, 3.8) is 0 Å². The van der Waals surface area contributed by atoms with Crippen LogP contribution in [0.5, 0.6) is 5.75 Å². The number of nitrogens with zero attached hydrogens (tertiary/aromatic N) is 3. The molecule has 5 rings (SSSR count). The number of hydrogen-bond acceptors (Lipinski definition) is 5. The second-order valence-corrected chi connectivity index (χ2v) is 9.94. The van der Waals surface area contributed by atoms with Crippen LogP contribution in [0, 0.1) is 0 Å². The molecule has 2 aliphatic heterocycles. The largest absolute Gasteiger partial charge is 0.487 e. The van der Waals surface area contributed by atoms with Crippen LogP contribution in [0.15, 0.2) is 79.0 Å². The average molecular weight is 450 g/mol. The van der Waals surface area contributed by atoms with Gasteiger partial charge in [0.1, 0.15) is 17.9 Å². The van der Waals surface area contributed by atoms with Gasteiger partial charge in [0, 0.05) is 12.6 Å². The van der Waals surface area contributed by atoms with Gasteiger partial charge in [0.2, 0.25) is 15.9 Å². The second kappa shape index (κ2) is 8.37. The van der Waals surface area contributed by atoms with Gasteiger partial charge in [0.25, 0.3) is 0 Å². The maximum absolute atomic E-state index is 13.8. The Morgan fingerprint density at radius 3 is 2.50 bits per heavy atom. The lowest BCUT2D eigenvalue weighted by Crippen LogP contribution is -2.48. The minimum absolute atomic E-state index is 0.150. The number of fused-ring (bicyclic) bond motifs is 3. The van der Waals surface area contributed by atoms with Gasteiger partial charge in [-0.25, -0.2) is 8.42 Å². The van der Waals surface area contributed by atoms with Crippen LogP contribution in [-0.4, -0.2) is 42.3 Å². The first-order valence-corrected chi connectivity index (χ1v) is 12.1. The van der Waals surface area contributed by atoms with Crippen LogP contribution in [0.2, 0.25) is 0 Å². The first-order valence-electron chi connectivity index (χ1n) is 10.5. The molecule has 0 aliphatic carbocycles. The summed E-state index contributed by atoms with van der Waals surface area (Å²) in [5.41, 5.74) is 2.02. The van der Waals surface area contributed by atoms with Crippen molar-refractivity contribution < 1.29 is 17.9 Å². The van der Waals surface area contributed by atoms with Crippen molar-refractivity contribution in [2.24, 2.45) is 0 Å². The Morgan fingerprint density at radius 1 is 0.969 bits per heavy atom. The van der Waals surface area contributed by atoms with E-state index in [0.29, 0.717) is 29.1 Å². The molecule has 0 radical (unpaired) electrons. The molecule has 1 saturated heterocycles. The number of rotatable bonds is 5. The number of pyridine rings is 1. The minimum atomic E-state index is -3.73. The van der Waals surface area contributed by atoms with Gasteiger partial charge in [0.05, 0.1) is 30.2 Å². The van der Waals surface area contributed by atoms with Crippen molar-refractivity contribution in [2.75, 3.05) is 11.4 Å². The second-order valence-electron chi connectivity index (χ2n) is 8.02. The van der Waals surface area contributed by atoms with E-state index in [2.05, 4.69) is 4.98 Å². The molecule has 0 N–H and O–H groups in total. The number of hydrogen-bond donors (Lipinski definition) is 0. The van der Waals surface area contributed by atoms with E-state index in [4.69, 9.17) is 4.74 Å². The van der Waals surface area contributed by atoms with Gasteiger partial charge in [-0.05, 0) is 29.8 Å². The average Bonchev–Trinajstić information content (AvgIpc) is 3.24. The highest BCUT2D eigenvalue weighted by atomic mass is 32.2. The van der Waals surface area contributed by atoms with Crippen LogP contribution in [0.4, 0.5) is 5.69 Å². The van der Waals surface area contributed by atoms with E-state index in [1.807, 2.05) is 60.7 Å². The summed E-state index contributed by atoms with van der Waals surface area (Å²) in [5, 5.41) is 0. The fourth-order valence-corrected chi connectivity index (χ4v) is 6.07. The van der Waals surface area contributed by atoms with Gasteiger partial charge in [-0.2, -0.15) is 4.31 Å². The summed E-state index contributed by atoms with van der Waals surface area (Å²) in [6, 6.07) is 21.1. The summed E-state index contributed by atoms with van der Waals surface area (Å²) in [7, 11) is -3.73. The SMILES string of the molecule is O=C1[C@@H]2C[C@@H](CN2S(=O)(=O)Cc2ccccc2)Oc2ccccc2N1Cc1ccccn1. The van der Waals surface area contributed by atoms with E-state index in [-0.39, 0.29) is 30.9 Å². The molecule has 32 heavy (non-hydrogen) atoms. The third-order valence-corrected chi connectivity index (χ3v) is 7.63. The zero-order valence-electron chi connectivity index (χ0n) is 17.4. The molecule has 1 fully saturated rings. The molecule has 7 nitrogen and oxygen atoms in total. The molecule has 0 unspecified atom stereocenters. The Labute approximate surface area is 187 Å². The van der Waals surface area contributed by atoms with Crippen molar-refractivity contribution in [3.05, 3.63) is 90.3 Å². The molecule has 2 aliphatic rings. The monoisotopic (exact) mass is 449 g/mol. The summed E-state index contributed by atoms with van der Waals surface area (Å²) in [6.07, 6.45) is 1.61. The molecule has 2 aromatic carbocycles. The van der Waals surface area contributed by atoms with E-state index in [1.54, 1.807) is 23.2 Å². The van der Waals surface area contributed by atoms with Crippen LogP contribution in [-0.2, 0) is 27.1 Å². The predicted octanol–water partition coefficient (Wildman–Crippen LogP) is 2.98. The quantitative estimate of drug-likeness (QED) is 0.598. The maximum Gasteiger partial charge on any atom is 0.246 e. The molecule has 1 aromatic heterocycles. The number of sulfonamides is 1. The number of carbonyl (C=O) groups excluding carboxylic acids is 1. The highest BCUT2D eigenvalue weighted by Gasteiger charge is 2.47. The lowest BCUT2D eigenvalue weighted by Gasteiger charge is -2.31. The molecule has 2 atom stereocenters. The number of carbonyl (C=O) groups is 1. The Balaban J connectivity index is 1.51. The molecule has 164 valence electrons. The third-order valence-electron chi connectivity index (χ3n) is 5.81. The number of amides is 1. The maximum atomic E-state index is 13.8. The van der Waals surface area contributed by atoms with E-state index in [0.717, 1.165) is 0 Å². The molecule has 2 bridgehead atoms. The summed E-state index contributed by atoms with van der Waals surface area (Å²) in [4.78, 5) is 19.7. The highest BCUT2D eigenvalue weighted by molar-refractivity contribution is 7.88. The third kappa shape index (κ3) is 3.99. The van der Waals surface area contributed by atoms with Crippen molar-refractivity contribution in [3.8, 4) is 5.75 Å². The van der Waals surface area contributed by atoms with Gasteiger partial charge in [-0.1, -0.05) is 48.5 Å². The summed E-state index contributed by atoms with van der Waals surface area (Å²) in [5.74, 6) is 0.158. The van der Waals surface area contributed by atoms with Gasteiger partial charge in [0.15, 0.2) is 0 Å². The van der Waals surface area contributed by atoms with Crippen LogP contribution in [0.1, 0.15) is 17.7 Å². The molecule has 3 heterocycles. The van der Waals surface area contributed by atoms with Crippen LogP contribution >= 0.6 is 0 Å². The molecule has 0 saturated carbocycles. The van der Waals surface area contributed by atoms with Crippen LogP contribution in [0.25, 0.3) is 0 Å².